The van der Waals surface area contributed by atoms with Gasteiger partial charge in [0.2, 0.25) is 0 Å². The van der Waals surface area contributed by atoms with Crippen molar-refractivity contribution < 1.29 is 13.9 Å². The molecule has 24 heavy (non-hydrogen) atoms. The molecule has 0 saturated carbocycles. The average molecular weight is 328 g/mol. The van der Waals surface area contributed by atoms with E-state index in [0.717, 1.165) is 12.0 Å². The van der Waals surface area contributed by atoms with Gasteiger partial charge >= 0.3 is 0 Å². The van der Waals surface area contributed by atoms with Crippen LogP contribution in [0.15, 0.2) is 36.4 Å². The third-order valence-electron chi connectivity index (χ3n) is 3.62. The van der Waals surface area contributed by atoms with Gasteiger partial charge in [-0.25, -0.2) is 4.39 Å². The standard InChI is InChI=1S/C19H21FN2O2/c1-4-9-24-18-8-5-14(11-19(18)23-3)13(2)22-17-7-6-16(20)10-15(17)12-21/h5-8,10-11,13,22H,4,9H2,1-3H3. The second-order valence-electron chi connectivity index (χ2n) is 5.43. The Morgan fingerprint density at radius 1 is 1.21 bits per heavy atom. The maximum atomic E-state index is 13.2. The van der Waals surface area contributed by atoms with E-state index in [4.69, 9.17) is 14.7 Å². The van der Waals surface area contributed by atoms with Crippen LogP contribution in [0, 0.1) is 17.1 Å². The van der Waals surface area contributed by atoms with E-state index in [2.05, 4.69) is 5.32 Å². The van der Waals surface area contributed by atoms with Crippen molar-refractivity contribution in [1.82, 2.24) is 0 Å². The first-order chi connectivity index (χ1) is 11.6. The number of methoxy groups -OCH3 is 1. The molecule has 5 heteroatoms. The van der Waals surface area contributed by atoms with Gasteiger partial charge in [0.05, 0.1) is 25.0 Å². The molecule has 4 nitrogen and oxygen atoms in total. The normalized spacial score (nSPS) is 11.5. The molecule has 0 bridgehead atoms. The summed E-state index contributed by atoms with van der Waals surface area (Å²) in [5, 5.41) is 12.4. The molecule has 0 amide bonds. The van der Waals surface area contributed by atoms with Crippen molar-refractivity contribution in [3.8, 4) is 17.6 Å². The monoisotopic (exact) mass is 328 g/mol. The molecule has 0 heterocycles. The number of nitrogens with zero attached hydrogens (tertiary/aromatic N) is 1. The Labute approximate surface area is 141 Å². The van der Waals surface area contributed by atoms with Gasteiger partial charge in [-0.3, -0.25) is 0 Å². The first kappa shape index (κ1) is 17.6. The molecule has 0 radical (unpaired) electrons. The molecule has 2 rings (SSSR count). The SMILES string of the molecule is CCCOc1ccc(C(C)Nc2ccc(F)cc2C#N)cc1OC. The number of rotatable bonds is 7. The molecule has 0 aliphatic heterocycles. The number of hydrogen-bond acceptors (Lipinski definition) is 4. The van der Waals surface area contributed by atoms with Crippen molar-refractivity contribution in [3.63, 3.8) is 0 Å². The van der Waals surface area contributed by atoms with Crippen molar-refractivity contribution in [2.75, 3.05) is 19.0 Å². The zero-order valence-corrected chi connectivity index (χ0v) is 14.1. The van der Waals surface area contributed by atoms with Crippen molar-refractivity contribution in [2.45, 2.75) is 26.3 Å². The van der Waals surface area contributed by atoms with Crippen molar-refractivity contribution in [1.29, 1.82) is 5.26 Å². The van der Waals surface area contributed by atoms with Gasteiger partial charge in [0.25, 0.3) is 0 Å². The van der Waals surface area contributed by atoms with E-state index in [1.165, 1.54) is 12.1 Å². The van der Waals surface area contributed by atoms with Crippen molar-refractivity contribution in [3.05, 3.63) is 53.3 Å². The lowest BCUT2D eigenvalue weighted by molar-refractivity contribution is 0.294. The maximum absolute atomic E-state index is 13.2. The smallest absolute Gasteiger partial charge is 0.161 e. The molecule has 1 N–H and O–H groups in total. The Bertz CT molecular complexity index is 741. The number of nitriles is 1. The third kappa shape index (κ3) is 4.17. The van der Waals surface area contributed by atoms with E-state index < -0.39 is 5.82 Å². The first-order valence-corrected chi connectivity index (χ1v) is 7.86. The highest BCUT2D eigenvalue weighted by molar-refractivity contribution is 5.58. The summed E-state index contributed by atoms with van der Waals surface area (Å²) in [6, 6.07) is 11.8. The van der Waals surface area contributed by atoms with Gasteiger partial charge in [-0.15, -0.1) is 0 Å². The number of halogens is 1. The summed E-state index contributed by atoms with van der Waals surface area (Å²) in [5.41, 5.74) is 1.84. The molecule has 0 spiro atoms. The van der Waals surface area contributed by atoms with Crippen LogP contribution < -0.4 is 14.8 Å². The summed E-state index contributed by atoms with van der Waals surface area (Å²) in [5.74, 6) is 0.938. The predicted molar refractivity (Wildman–Crippen MR) is 91.9 cm³/mol. The van der Waals surface area contributed by atoms with Gasteiger partial charge in [0, 0.05) is 6.04 Å². The van der Waals surface area contributed by atoms with Gasteiger partial charge in [-0.2, -0.15) is 5.26 Å². The highest BCUT2D eigenvalue weighted by Gasteiger charge is 2.12. The van der Waals surface area contributed by atoms with Crippen LogP contribution in [-0.2, 0) is 0 Å². The van der Waals surface area contributed by atoms with E-state index in [0.29, 0.717) is 23.8 Å². The highest BCUT2D eigenvalue weighted by atomic mass is 19.1. The summed E-state index contributed by atoms with van der Waals surface area (Å²) in [7, 11) is 1.60. The highest BCUT2D eigenvalue weighted by Crippen LogP contribution is 2.32. The lowest BCUT2D eigenvalue weighted by atomic mass is 10.1. The average Bonchev–Trinajstić information content (AvgIpc) is 2.61. The van der Waals surface area contributed by atoms with Crippen LogP contribution in [-0.4, -0.2) is 13.7 Å². The zero-order chi connectivity index (χ0) is 17.5. The number of benzene rings is 2. The Hall–Kier alpha value is -2.74. The lowest BCUT2D eigenvalue weighted by Gasteiger charge is -2.18. The Balaban J connectivity index is 2.21. The third-order valence-corrected chi connectivity index (χ3v) is 3.62. The van der Waals surface area contributed by atoms with E-state index in [-0.39, 0.29) is 11.6 Å². The van der Waals surface area contributed by atoms with Gasteiger partial charge in [0.1, 0.15) is 11.9 Å². The zero-order valence-electron chi connectivity index (χ0n) is 14.1. The summed E-state index contributed by atoms with van der Waals surface area (Å²) < 4.78 is 24.3. The number of nitrogens with one attached hydrogen (secondary N) is 1. The molecular weight excluding hydrogens is 307 g/mol. The summed E-state index contributed by atoms with van der Waals surface area (Å²) in [4.78, 5) is 0. The second-order valence-corrected chi connectivity index (χ2v) is 5.43. The van der Waals surface area contributed by atoms with E-state index in [1.807, 2.05) is 38.1 Å². The first-order valence-electron chi connectivity index (χ1n) is 7.86. The molecular formula is C19H21FN2O2. The Morgan fingerprint density at radius 3 is 2.67 bits per heavy atom. The molecule has 0 aromatic heterocycles. The molecule has 2 aromatic carbocycles. The lowest BCUT2D eigenvalue weighted by Crippen LogP contribution is -2.08. The van der Waals surface area contributed by atoms with Gasteiger partial charge in [-0.05, 0) is 49.2 Å². The Morgan fingerprint density at radius 2 is 2.00 bits per heavy atom. The molecule has 1 unspecified atom stereocenters. The van der Waals surface area contributed by atoms with Crippen LogP contribution in [0.4, 0.5) is 10.1 Å². The maximum Gasteiger partial charge on any atom is 0.161 e. The fraction of sp³-hybridized carbons (Fsp3) is 0.316. The topological polar surface area (TPSA) is 54.3 Å². The molecule has 126 valence electrons. The minimum Gasteiger partial charge on any atom is -0.493 e. The predicted octanol–water partition coefficient (Wildman–Crippen LogP) is 4.67. The molecule has 0 saturated heterocycles. The summed E-state index contributed by atoms with van der Waals surface area (Å²) in [6.45, 7) is 4.64. The van der Waals surface area contributed by atoms with E-state index in [1.54, 1.807) is 13.2 Å². The van der Waals surface area contributed by atoms with Crippen LogP contribution >= 0.6 is 0 Å². The summed E-state index contributed by atoms with van der Waals surface area (Å²) >= 11 is 0. The number of hydrogen-bond donors (Lipinski definition) is 1. The largest absolute Gasteiger partial charge is 0.493 e. The minimum absolute atomic E-state index is 0.0864. The fourth-order valence-electron chi connectivity index (χ4n) is 2.34. The van der Waals surface area contributed by atoms with Crippen molar-refractivity contribution in [2.24, 2.45) is 0 Å². The number of anilines is 1. The van der Waals surface area contributed by atoms with Crippen LogP contribution in [0.1, 0.15) is 37.4 Å². The van der Waals surface area contributed by atoms with E-state index in [9.17, 15) is 4.39 Å². The minimum atomic E-state index is -0.427. The number of ether oxygens (including phenoxy) is 2. The van der Waals surface area contributed by atoms with Gasteiger partial charge in [-0.1, -0.05) is 13.0 Å². The van der Waals surface area contributed by atoms with Crippen molar-refractivity contribution >= 4 is 5.69 Å². The molecule has 0 aliphatic rings. The van der Waals surface area contributed by atoms with Crippen LogP contribution in [0.5, 0.6) is 11.5 Å². The summed E-state index contributed by atoms with van der Waals surface area (Å²) in [6.07, 6.45) is 0.921. The second kappa shape index (κ2) is 8.21. The molecule has 0 fully saturated rings. The van der Waals surface area contributed by atoms with Crippen LogP contribution in [0.25, 0.3) is 0 Å². The van der Waals surface area contributed by atoms with Crippen LogP contribution in [0.2, 0.25) is 0 Å². The molecule has 2 aromatic rings. The van der Waals surface area contributed by atoms with Gasteiger partial charge < -0.3 is 14.8 Å². The van der Waals surface area contributed by atoms with Gasteiger partial charge in [0.15, 0.2) is 11.5 Å². The Kier molecular flexibility index (Phi) is 6.02. The van der Waals surface area contributed by atoms with E-state index >= 15 is 0 Å². The molecule has 0 aliphatic carbocycles. The fourth-order valence-corrected chi connectivity index (χ4v) is 2.34. The molecule has 1 atom stereocenters. The quantitative estimate of drug-likeness (QED) is 0.802. The van der Waals surface area contributed by atoms with Crippen LogP contribution in [0.3, 0.4) is 0 Å².